The summed E-state index contributed by atoms with van der Waals surface area (Å²) in [4.78, 5) is 6.05. The van der Waals surface area contributed by atoms with Crippen molar-refractivity contribution >= 4 is 21.6 Å². The molecule has 0 fully saturated rings. The van der Waals surface area contributed by atoms with Gasteiger partial charge in [-0.1, -0.05) is 112 Å². The van der Waals surface area contributed by atoms with Gasteiger partial charge in [0, 0.05) is 16.7 Å². The highest BCUT2D eigenvalue weighted by Gasteiger charge is 2.50. The third kappa shape index (κ3) is 2.36. The highest BCUT2D eigenvalue weighted by Crippen LogP contribution is 2.45. The van der Waals surface area contributed by atoms with E-state index in [-0.39, 0.29) is 4.83 Å². The lowest BCUT2D eigenvalue weighted by Gasteiger charge is -2.31. The van der Waals surface area contributed by atoms with E-state index in [4.69, 9.17) is 4.84 Å². The van der Waals surface area contributed by atoms with Crippen molar-refractivity contribution in [1.82, 2.24) is 0 Å². The summed E-state index contributed by atoms with van der Waals surface area (Å²) >= 11 is 3.88. The molecular weight excluding hydrogens is 362 g/mol. The Hall–Kier alpha value is -2.39. The van der Waals surface area contributed by atoms with E-state index >= 15 is 0 Å². The molecule has 0 N–H and O–H groups in total. The fourth-order valence-electron chi connectivity index (χ4n) is 3.15. The summed E-state index contributed by atoms with van der Waals surface area (Å²) < 4.78 is 0. The Morgan fingerprint density at radius 3 is 1.67 bits per heavy atom. The molecular formula is C21H16BrNO. The van der Waals surface area contributed by atoms with Gasteiger partial charge < -0.3 is 4.84 Å². The molecule has 0 aromatic heterocycles. The molecule has 0 saturated heterocycles. The Balaban J connectivity index is 1.85. The van der Waals surface area contributed by atoms with Crippen LogP contribution in [-0.4, -0.2) is 10.5 Å². The SMILES string of the molecule is BrC1C(c2ccccc2)=NOC1(c1ccccc1)c1ccccc1. The smallest absolute Gasteiger partial charge is 0.205 e. The maximum Gasteiger partial charge on any atom is 0.205 e. The highest BCUT2D eigenvalue weighted by molar-refractivity contribution is 9.10. The summed E-state index contributed by atoms with van der Waals surface area (Å²) in [6.45, 7) is 0. The van der Waals surface area contributed by atoms with E-state index in [1.54, 1.807) is 0 Å². The molecule has 24 heavy (non-hydrogen) atoms. The van der Waals surface area contributed by atoms with Gasteiger partial charge in [0.05, 0.1) is 0 Å². The monoisotopic (exact) mass is 377 g/mol. The maximum absolute atomic E-state index is 6.13. The first-order chi connectivity index (χ1) is 11.8. The zero-order chi connectivity index (χ0) is 16.4. The highest BCUT2D eigenvalue weighted by atomic mass is 79.9. The lowest BCUT2D eigenvalue weighted by molar-refractivity contribution is 0.0154. The Kier molecular flexibility index (Phi) is 3.95. The molecule has 1 aliphatic heterocycles. The van der Waals surface area contributed by atoms with Gasteiger partial charge in [0.1, 0.15) is 10.5 Å². The van der Waals surface area contributed by atoms with Gasteiger partial charge in [-0.3, -0.25) is 0 Å². The Morgan fingerprint density at radius 1 is 0.708 bits per heavy atom. The van der Waals surface area contributed by atoms with Crippen LogP contribution in [0.2, 0.25) is 0 Å². The number of hydrogen-bond donors (Lipinski definition) is 0. The third-order valence-electron chi connectivity index (χ3n) is 4.36. The van der Waals surface area contributed by atoms with Crippen LogP contribution in [-0.2, 0) is 10.4 Å². The summed E-state index contributed by atoms with van der Waals surface area (Å²) in [5.74, 6) is 0. The van der Waals surface area contributed by atoms with Crippen LogP contribution in [0.1, 0.15) is 16.7 Å². The summed E-state index contributed by atoms with van der Waals surface area (Å²) in [6.07, 6.45) is 0. The number of rotatable bonds is 3. The minimum atomic E-state index is -0.673. The number of alkyl halides is 1. The van der Waals surface area contributed by atoms with E-state index in [1.165, 1.54) is 0 Å². The zero-order valence-corrected chi connectivity index (χ0v) is 14.6. The van der Waals surface area contributed by atoms with Crippen molar-refractivity contribution in [2.75, 3.05) is 0 Å². The first-order valence-corrected chi connectivity index (χ1v) is 8.80. The quantitative estimate of drug-likeness (QED) is 0.579. The van der Waals surface area contributed by atoms with Gasteiger partial charge in [0.25, 0.3) is 0 Å². The molecule has 0 spiro atoms. The first kappa shape index (κ1) is 15.2. The normalized spacial score (nSPS) is 18.7. The fourth-order valence-corrected chi connectivity index (χ4v) is 4.11. The van der Waals surface area contributed by atoms with Gasteiger partial charge in [-0.05, 0) is 0 Å². The molecule has 1 unspecified atom stereocenters. The van der Waals surface area contributed by atoms with E-state index in [0.29, 0.717) is 0 Å². The van der Waals surface area contributed by atoms with Crippen molar-refractivity contribution < 1.29 is 4.84 Å². The molecule has 2 nitrogen and oxygen atoms in total. The summed E-state index contributed by atoms with van der Waals surface area (Å²) in [5, 5.41) is 4.46. The fraction of sp³-hybridized carbons (Fsp3) is 0.0952. The molecule has 0 saturated carbocycles. The van der Waals surface area contributed by atoms with Crippen LogP contribution in [0.5, 0.6) is 0 Å². The van der Waals surface area contributed by atoms with Crippen molar-refractivity contribution in [1.29, 1.82) is 0 Å². The van der Waals surface area contributed by atoms with Gasteiger partial charge >= 0.3 is 0 Å². The maximum atomic E-state index is 6.13. The molecule has 0 radical (unpaired) electrons. The second kappa shape index (κ2) is 6.25. The molecule has 118 valence electrons. The minimum Gasteiger partial charge on any atom is -0.378 e. The summed E-state index contributed by atoms with van der Waals surface area (Å²) in [5.41, 5.74) is 3.45. The van der Waals surface area contributed by atoms with E-state index in [0.717, 1.165) is 22.4 Å². The zero-order valence-electron chi connectivity index (χ0n) is 13.0. The molecule has 3 heteroatoms. The predicted molar refractivity (Wildman–Crippen MR) is 100 cm³/mol. The molecule has 1 aliphatic rings. The molecule has 0 aliphatic carbocycles. The average Bonchev–Trinajstić information content (AvgIpc) is 3.02. The van der Waals surface area contributed by atoms with Crippen LogP contribution in [0.4, 0.5) is 0 Å². The van der Waals surface area contributed by atoms with Crippen LogP contribution in [0.15, 0.2) is 96.2 Å². The lowest BCUT2D eigenvalue weighted by Crippen LogP contribution is -2.38. The van der Waals surface area contributed by atoms with Crippen LogP contribution in [0.3, 0.4) is 0 Å². The Labute approximate surface area is 149 Å². The van der Waals surface area contributed by atoms with Crippen LogP contribution >= 0.6 is 15.9 Å². The van der Waals surface area contributed by atoms with Crippen LogP contribution in [0, 0.1) is 0 Å². The molecule has 3 aromatic rings. The molecule has 1 heterocycles. The van der Waals surface area contributed by atoms with E-state index in [2.05, 4.69) is 57.5 Å². The number of oxime groups is 1. The predicted octanol–water partition coefficient (Wildman–Crippen LogP) is 5.13. The van der Waals surface area contributed by atoms with E-state index in [1.807, 2.05) is 54.6 Å². The number of halogens is 1. The van der Waals surface area contributed by atoms with Crippen molar-refractivity contribution in [3.63, 3.8) is 0 Å². The van der Waals surface area contributed by atoms with Gasteiger partial charge in [-0.25, -0.2) is 0 Å². The van der Waals surface area contributed by atoms with Crippen molar-refractivity contribution in [2.45, 2.75) is 10.4 Å². The van der Waals surface area contributed by atoms with Crippen molar-refractivity contribution in [3.8, 4) is 0 Å². The third-order valence-corrected chi connectivity index (χ3v) is 5.44. The lowest BCUT2D eigenvalue weighted by atomic mass is 9.81. The molecule has 4 rings (SSSR count). The van der Waals surface area contributed by atoms with Gasteiger partial charge in [0.2, 0.25) is 5.60 Å². The Bertz CT molecular complexity index is 807. The van der Waals surface area contributed by atoms with Gasteiger partial charge in [-0.15, -0.1) is 0 Å². The van der Waals surface area contributed by atoms with Gasteiger partial charge in [-0.2, -0.15) is 0 Å². The average molecular weight is 378 g/mol. The topological polar surface area (TPSA) is 21.6 Å². The van der Waals surface area contributed by atoms with Crippen molar-refractivity contribution in [2.24, 2.45) is 5.16 Å². The summed E-state index contributed by atoms with van der Waals surface area (Å²) in [7, 11) is 0. The Morgan fingerprint density at radius 2 is 1.17 bits per heavy atom. The number of benzene rings is 3. The van der Waals surface area contributed by atoms with Gasteiger partial charge in [0.15, 0.2) is 0 Å². The van der Waals surface area contributed by atoms with E-state index < -0.39 is 5.60 Å². The molecule has 0 amide bonds. The number of nitrogens with zero attached hydrogens (tertiary/aromatic N) is 1. The molecule has 3 aromatic carbocycles. The van der Waals surface area contributed by atoms with E-state index in [9.17, 15) is 0 Å². The molecule has 0 bridgehead atoms. The second-order valence-corrected chi connectivity index (χ2v) is 6.68. The summed E-state index contributed by atoms with van der Waals surface area (Å²) in [6, 6.07) is 30.7. The first-order valence-electron chi connectivity index (χ1n) is 7.89. The van der Waals surface area contributed by atoms with Crippen molar-refractivity contribution in [3.05, 3.63) is 108 Å². The minimum absolute atomic E-state index is 0.0859. The molecule has 1 atom stereocenters. The van der Waals surface area contributed by atoms with Crippen LogP contribution in [0.25, 0.3) is 0 Å². The standard InChI is InChI=1S/C21H16BrNO/c22-20-19(16-10-4-1-5-11-16)23-24-21(20,17-12-6-2-7-13-17)18-14-8-3-9-15-18/h1-15,20H. The largest absolute Gasteiger partial charge is 0.378 e. The second-order valence-electron chi connectivity index (χ2n) is 5.76. The van der Waals surface area contributed by atoms with Crippen LogP contribution < -0.4 is 0 Å². The number of hydrogen-bond acceptors (Lipinski definition) is 2.